The number of rotatable bonds is 5. The molecule has 1 fully saturated rings. The Morgan fingerprint density at radius 1 is 1.03 bits per heavy atom. The molecule has 1 heterocycles. The quantitative estimate of drug-likeness (QED) is 0.504. The van der Waals surface area contributed by atoms with Crippen LogP contribution in [0.25, 0.3) is 10.4 Å². The number of carbonyl (C=O) groups excluding carboxylic acids is 1. The van der Waals surface area contributed by atoms with E-state index in [1.54, 1.807) is 35.6 Å². The molecule has 1 amide bonds. The minimum Gasteiger partial charge on any atom is -0.481 e. The average Bonchev–Trinajstić information content (AvgIpc) is 3.25. The van der Waals surface area contributed by atoms with E-state index < -0.39 is 5.97 Å². The van der Waals surface area contributed by atoms with Gasteiger partial charge in [0.1, 0.15) is 0 Å². The molecule has 0 unspecified atom stereocenters. The predicted octanol–water partition coefficient (Wildman–Crippen LogP) is 6.07. The molecule has 0 aliphatic heterocycles. The molecule has 1 aliphatic carbocycles. The highest BCUT2D eigenvalue weighted by Gasteiger charge is 2.28. The lowest BCUT2D eigenvalue weighted by Gasteiger charge is -2.24. The Bertz CT molecular complexity index is 1060. The van der Waals surface area contributed by atoms with Crippen molar-refractivity contribution < 1.29 is 14.7 Å². The van der Waals surface area contributed by atoms with Crippen molar-refractivity contribution in [2.45, 2.75) is 31.6 Å². The molecule has 4 rings (SSSR count). The third-order valence-electron chi connectivity index (χ3n) is 5.50. The first-order chi connectivity index (χ1) is 14.5. The molecule has 3 aromatic rings. The molecule has 0 saturated heterocycles. The second kappa shape index (κ2) is 8.98. The number of benzene rings is 2. The lowest BCUT2D eigenvalue weighted by atomic mass is 9.82. The lowest BCUT2D eigenvalue weighted by Crippen LogP contribution is -2.20. The minimum atomic E-state index is -0.685. The van der Waals surface area contributed by atoms with Crippen molar-refractivity contribution in [3.05, 3.63) is 70.3 Å². The van der Waals surface area contributed by atoms with Crippen LogP contribution < -0.4 is 5.32 Å². The van der Waals surface area contributed by atoms with Crippen LogP contribution in [0.4, 0.5) is 5.69 Å². The van der Waals surface area contributed by atoms with E-state index in [-0.39, 0.29) is 11.8 Å². The van der Waals surface area contributed by atoms with Crippen molar-refractivity contribution in [3.63, 3.8) is 0 Å². The Hall–Kier alpha value is -2.70. The number of carboxylic acid groups (broad SMARTS) is 1. The average molecular weight is 441 g/mol. The Morgan fingerprint density at radius 2 is 1.73 bits per heavy atom. The highest BCUT2D eigenvalue weighted by molar-refractivity contribution is 7.15. The maximum atomic E-state index is 12.4. The Balaban J connectivity index is 1.41. The summed E-state index contributed by atoms with van der Waals surface area (Å²) >= 11 is 7.74. The molecule has 1 aromatic heterocycles. The van der Waals surface area contributed by atoms with Crippen LogP contribution in [-0.4, -0.2) is 22.0 Å². The molecule has 0 bridgehead atoms. The highest BCUT2D eigenvalue weighted by Crippen LogP contribution is 2.39. The zero-order valence-electron chi connectivity index (χ0n) is 16.2. The van der Waals surface area contributed by atoms with E-state index in [1.807, 2.05) is 30.5 Å². The molecule has 30 heavy (non-hydrogen) atoms. The number of nitrogens with zero attached hydrogens (tertiary/aromatic N) is 1. The van der Waals surface area contributed by atoms with E-state index in [2.05, 4.69) is 10.3 Å². The third-order valence-corrected chi connectivity index (χ3v) is 7.03. The first-order valence-corrected chi connectivity index (χ1v) is 11.1. The first kappa shape index (κ1) is 20.6. The molecule has 7 heteroatoms. The van der Waals surface area contributed by atoms with Crippen LogP contribution in [0.15, 0.2) is 54.7 Å². The van der Waals surface area contributed by atoms with E-state index in [4.69, 9.17) is 16.7 Å². The number of aliphatic carboxylic acids is 1. The monoisotopic (exact) mass is 440 g/mol. The van der Waals surface area contributed by atoms with Crippen LogP contribution >= 0.6 is 22.9 Å². The van der Waals surface area contributed by atoms with Gasteiger partial charge in [-0.2, -0.15) is 0 Å². The van der Waals surface area contributed by atoms with Gasteiger partial charge in [0.2, 0.25) is 0 Å². The van der Waals surface area contributed by atoms with E-state index in [0.717, 1.165) is 41.1 Å². The largest absolute Gasteiger partial charge is 0.481 e. The number of nitrogens with one attached hydrogen (secondary N) is 1. The zero-order valence-corrected chi connectivity index (χ0v) is 17.7. The number of anilines is 1. The SMILES string of the molecule is O=C(Nc1ccc(-c2cnc(C3CCC(C(=O)O)CC3)s2)cc1)c1ccccc1Cl. The Morgan fingerprint density at radius 3 is 2.40 bits per heavy atom. The topological polar surface area (TPSA) is 79.3 Å². The smallest absolute Gasteiger partial charge is 0.306 e. The number of halogens is 1. The van der Waals surface area contributed by atoms with Gasteiger partial charge >= 0.3 is 5.97 Å². The van der Waals surface area contributed by atoms with Crippen LogP contribution in [0.1, 0.15) is 47.0 Å². The van der Waals surface area contributed by atoms with E-state index in [1.165, 1.54) is 0 Å². The fourth-order valence-corrected chi connectivity index (χ4v) is 5.07. The van der Waals surface area contributed by atoms with Gasteiger partial charge in [0.15, 0.2) is 0 Å². The maximum absolute atomic E-state index is 12.4. The predicted molar refractivity (Wildman–Crippen MR) is 119 cm³/mol. The summed E-state index contributed by atoms with van der Waals surface area (Å²) < 4.78 is 0. The summed E-state index contributed by atoms with van der Waals surface area (Å²) in [4.78, 5) is 29.2. The Labute approximate surface area is 183 Å². The van der Waals surface area contributed by atoms with Crippen LogP contribution in [0, 0.1) is 5.92 Å². The van der Waals surface area contributed by atoms with Crippen LogP contribution in [0.5, 0.6) is 0 Å². The normalized spacial score (nSPS) is 18.7. The van der Waals surface area contributed by atoms with Crippen LogP contribution in [0.2, 0.25) is 5.02 Å². The minimum absolute atomic E-state index is 0.214. The zero-order chi connectivity index (χ0) is 21.1. The van der Waals surface area contributed by atoms with E-state index in [9.17, 15) is 9.59 Å². The highest BCUT2D eigenvalue weighted by atomic mass is 35.5. The van der Waals surface area contributed by atoms with Crippen molar-refractivity contribution in [2.24, 2.45) is 5.92 Å². The molecule has 5 nitrogen and oxygen atoms in total. The van der Waals surface area contributed by atoms with Crippen molar-refractivity contribution in [2.75, 3.05) is 5.32 Å². The molecular weight excluding hydrogens is 420 g/mol. The van der Waals surface area contributed by atoms with Crippen LogP contribution in [0.3, 0.4) is 0 Å². The molecule has 0 radical (unpaired) electrons. The molecule has 1 aliphatic rings. The number of carboxylic acids is 1. The maximum Gasteiger partial charge on any atom is 0.306 e. The molecule has 2 N–H and O–H groups in total. The Kier molecular flexibility index (Phi) is 6.16. The van der Waals surface area contributed by atoms with E-state index in [0.29, 0.717) is 22.2 Å². The fraction of sp³-hybridized carbons (Fsp3) is 0.261. The molecule has 0 atom stereocenters. The summed E-state index contributed by atoms with van der Waals surface area (Å²) in [6.45, 7) is 0. The molecule has 154 valence electrons. The number of aromatic nitrogens is 1. The summed E-state index contributed by atoms with van der Waals surface area (Å²) in [5.41, 5.74) is 2.17. The molecule has 0 spiro atoms. The number of carbonyl (C=O) groups is 2. The summed E-state index contributed by atoms with van der Waals surface area (Å²) in [6, 6.07) is 14.6. The summed E-state index contributed by atoms with van der Waals surface area (Å²) in [6.07, 6.45) is 5.05. The van der Waals surface area contributed by atoms with Gasteiger partial charge < -0.3 is 10.4 Å². The van der Waals surface area contributed by atoms with Gasteiger partial charge in [-0.3, -0.25) is 9.59 Å². The van der Waals surface area contributed by atoms with Gasteiger partial charge in [-0.1, -0.05) is 35.9 Å². The van der Waals surface area contributed by atoms with Gasteiger partial charge in [0, 0.05) is 17.8 Å². The van der Waals surface area contributed by atoms with Gasteiger partial charge in [-0.05, 0) is 55.5 Å². The summed E-state index contributed by atoms with van der Waals surface area (Å²) in [7, 11) is 0. The number of amides is 1. The summed E-state index contributed by atoms with van der Waals surface area (Å²) in [5, 5.41) is 13.5. The number of hydrogen-bond donors (Lipinski definition) is 2. The number of hydrogen-bond acceptors (Lipinski definition) is 4. The van der Waals surface area contributed by atoms with Gasteiger partial charge in [0.25, 0.3) is 5.91 Å². The van der Waals surface area contributed by atoms with Crippen molar-refractivity contribution in [1.29, 1.82) is 0 Å². The molecular formula is C23H21ClN2O3S. The number of thiazole rings is 1. The lowest BCUT2D eigenvalue weighted by molar-refractivity contribution is -0.142. The van der Waals surface area contributed by atoms with Crippen molar-refractivity contribution in [3.8, 4) is 10.4 Å². The van der Waals surface area contributed by atoms with Gasteiger partial charge in [-0.15, -0.1) is 11.3 Å². The van der Waals surface area contributed by atoms with Crippen LogP contribution in [-0.2, 0) is 4.79 Å². The second-order valence-corrected chi connectivity index (χ2v) is 8.93. The molecule has 1 saturated carbocycles. The summed E-state index contributed by atoms with van der Waals surface area (Å²) in [5.74, 6) is -0.803. The van der Waals surface area contributed by atoms with Gasteiger partial charge in [-0.25, -0.2) is 4.98 Å². The fourth-order valence-electron chi connectivity index (χ4n) is 3.76. The second-order valence-electron chi connectivity index (χ2n) is 7.46. The van der Waals surface area contributed by atoms with E-state index >= 15 is 0 Å². The standard InChI is InChI=1S/C23H21ClN2O3S/c24-19-4-2-1-3-18(19)21(27)26-17-11-9-14(10-12-17)20-13-25-22(30-20)15-5-7-16(8-6-15)23(28)29/h1-4,9-13,15-16H,5-8H2,(H,26,27)(H,28,29). The molecule has 2 aromatic carbocycles. The first-order valence-electron chi connectivity index (χ1n) is 9.86. The van der Waals surface area contributed by atoms with Gasteiger partial charge in [0.05, 0.1) is 26.4 Å². The third kappa shape index (κ3) is 4.55. The van der Waals surface area contributed by atoms with Crippen molar-refractivity contribution in [1.82, 2.24) is 4.98 Å². The van der Waals surface area contributed by atoms with Crippen molar-refractivity contribution >= 4 is 40.5 Å².